The lowest BCUT2D eigenvalue weighted by molar-refractivity contribution is 0.177. The molecule has 0 radical (unpaired) electrons. The Bertz CT molecular complexity index is 752. The van der Waals surface area contributed by atoms with Gasteiger partial charge in [0.25, 0.3) is 0 Å². The Labute approximate surface area is 140 Å². The summed E-state index contributed by atoms with van der Waals surface area (Å²) >= 11 is 1.65. The standard InChI is InChI=1S/C18H23N3OS/c1-18(2,3)21-9-8-20-17(21)12-19-11-14(22)16-10-13-6-4-5-7-15(13)23-16/h4-10,14,19,22H,11-12H2,1-3H3. The zero-order chi connectivity index (χ0) is 16.4. The van der Waals surface area contributed by atoms with E-state index in [1.807, 2.05) is 24.5 Å². The Hall–Kier alpha value is -1.69. The van der Waals surface area contributed by atoms with Gasteiger partial charge in [0.05, 0.1) is 6.54 Å². The van der Waals surface area contributed by atoms with Gasteiger partial charge in [-0.2, -0.15) is 0 Å². The van der Waals surface area contributed by atoms with Crippen LogP contribution in [0.15, 0.2) is 42.7 Å². The Balaban J connectivity index is 1.61. The Morgan fingerprint density at radius 3 is 2.83 bits per heavy atom. The zero-order valence-electron chi connectivity index (χ0n) is 13.8. The molecule has 3 rings (SSSR count). The van der Waals surface area contributed by atoms with Crippen molar-refractivity contribution in [3.63, 3.8) is 0 Å². The van der Waals surface area contributed by atoms with Crippen molar-refractivity contribution in [1.82, 2.24) is 14.9 Å². The first-order valence-corrected chi connectivity index (χ1v) is 8.67. The Kier molecular flexibility index (Phi) is 4.53. The number of rotatable bonds is 5. The van der Waals surface area contributed by atoms with Crippen LogP contribution in [0.3, 0.4) is 0 Å². The quantitative estimate of drug-likeness (QED) is 0.751. The summed E-state index contributed by atoms with van der Waals surface area (Å²) in [5.74, 6) is 0.987. The lowest BCUT2D eigenvalue weighted by atomic mass is 10.1. The maximum Gasteiger partial charge on any atom is 0.123 e. The molecule has 0 aliphatic heterocycles. The SMILES string of the molecule is CC(C)(C)n1ccnc1CNCC(O)c1cc2ccccc2s1. The minimum atomic E-state index is -0.495. The number of fused-ring (bicyclic) bond motifs is 1. The first-order chi connectivity index (χ1) is 10.9. The molecule has 0 aliphatic carbocycles. The summed E-state index contributed by atoms with van der Waals surface area (Å²) < 4.78 is 3.37. The molecular weight excluding hydrogens is 306 g/mol. The van der Waals surface area contributed by atoms with Gasteiger partial charge >= 0.3 is 0 Å². The van der Waals surface area contributed by atoms with Crippen molar-refractivity contribution in [2.45, 2.75) is 39.0 Å². The van der Waals surface area contributed by atoms with Crippen molar-refractivity contribution < 1.29 is 5.11 Å². The van der Waals surface area contributed by atoms with E-state index in [1.165, 1.54) is 10.1 Å². The maximum absolute atomic E-state index is 10.4. The Morgan fingerprint density at radius 1 is 1.30 bits per heavy atom. The molecule has 3 aromatic rings. The van der Waals surface area contributed by atoms with Crippen LogP contribution in [0.2, 0.25) is 0 Å². The number of hydrogen-bond donors (Lipinski definition) is 2. The van der Waals surface area contributed by atoms with Crippen molar-refractivity contribution in [2.24, 2.45) is 0 Å². The van der Waals surface area contributed by atoms with Gasteiger partial charge in [0.2, 0.25) is 0 Å². The van der Waals surface area contributed by atoms with E-state index in [0.717, 1.165) is 10.7 Å². The third-order valence-corrected chi connectivity index (χ3v) is 5.05. The van der Waals surface area contributed by atoms with Crippen molar-refractivity contribution >= 4 is 21.4 Å². The molecule has 0 amide bonds. The normalized spacial score (nSPS) is 13.6. The molecule has 2 heterocycles. The fourth-order valence-electron chi connectivity index (χ4n) is 2.66. The van der Waals surface area contributed by atoms with Crippen molar-refractivity contribution in [3.05, 3.63) is 53.4 Å². The van der Waals surface area contributed by atoms with Crippen LogP contribution in [0.1, 0.15) is 37.6 Å². The maximum atomic E-state index is 10.4. The molecule has 122 valence electrons. The summed E-state index contributed by atoms with van der Waals surface area (Å²) in [5, 5.41) is 14.9. The number of aliphatic hydroxyl groups is 1. The van der Waals surface area contributed by atoms with Crippen LogP contribution in [0.4, 0.5) is 0 Å². The first kappa shape index (κ1) is 16.2. The molecule has 0 saturated carbocycles. The van der Waals surface area contributed by atoms with Crippen LogP contribution in [-0.2, 0) is 12.1 Å². The molecule has 0 aliphatic rings. The lowest BCUT2D eigenvalue weighted by Gasteiger charge is -2.23. The fourth-order valence-corrected chi connectivity index (χ4v) is 3.71. The fraction of sp³-hybridized carbons (Fsp3) is 0.389. The topological polar surface area (TPSA) is 50.1 Å². The summed E-state index contributed by atoms with van der Waals surface area (Å²) in [6.45, 7) is 7.63. The molecule has 2 aromatic heterocycles. The number of nitrogens with zero attached hydrogens (tertiary/aromatic N) is 2. The van der Waals surface area contributed by atoms with Crippen LogP contribution in [-0.4, -0.2) is 21.2 Å². The van der Waals surface area contributed by atoms with Crippen molar-refractivity contribution in [1.29, 1.82) is 0 Å². The number of aliphatic hydroxyl groups excluding tert-OH is 1. The van der Waals surface area contributed by atoms with E-state index in [4.69, 9.17) is 0 Å². The van der Waals surface area contributed by atoms with Gasteiger partial charge in [0.1, 0.15) is 11.9 Å². The average Bonchev–Trinajstić information content (AvgIpc) is 3.12. The summed E-state index contributed by atoms with van der Waals surface area (Å²) in [7, 11) is 0. The molecule has 4 nitrogen and oxygen atoms in total. The highest BCUT2D eigenvalue weighted by Gasteiger charge is 2.17. The predicted octanol–water partition coefficient (Wildman–Crippen LogP) is 3.68. The van der Waals surface area contributed by atoms with Crippen molar-refractivity contribution in [2.75, 3.05) is 6.54 Å². The average molecular weight is 329 g/mol. The number of hydrogen-bond acceptors (Lipinski definition) is 4. The Morgan fingerprint density at radius 2 is 2.09 bits per heavy atom. The molecule has 23 heavy (non-hydrogen) atoms. The smallest absolute Gasteiger partial charge is 0.123 e. The highest BCUT2D eigenvalue weighted by molar-refractivity contribution is 7.19. The summed E-state index contributed by atoms with van der Waals surface area (Å²) in [5.41, 5.74) is 0.0115. The minimum Gasteiger partial charge on any atom is -0.386 e. The van der Waals surface area contributed by atoms with Crippen molar-refractivity contribution in [3.8, 4) is 0 Å². The van der Waals surface area contributed by atoms with Crippen LogP contribution in [0.25, 0.3) is 10.1 Å². The van der Waals surface area contributed by atoms with Gasteiger partial charge < -0.3 is 15.0 Å². The van der Waals surface area contributed by atoms with E-state index in [-0.39, 0.29) is 5.54 Å². The van der Waals surface area contributed by atoms with Gasteiger partial charge in [0, 0.05) is 34.1 Å². The molecule has 1 unspecified atom stereocenters. The van der Waals surface area contributed by atoms with Gasteiger partial charge in [-0.05, 0) is 38.3 Å². The third kappa shape index (κ3) is 3.63. The highest BCUT2D eigenvalue weighted by Crippen LogP contribution is 2.29. The van der Waals surface area contributed by atoms with Crippen LogP contribution in [0, 0.1) is 0 Å². The van der Waals surface area contributed by atoms with E-state index in [1.54, 1.807) is 11.3 Å². The summed E-state index contributed by atoms with van der Waals surface area (Å²) in [6, 6.07) is 10.3. The number of imidazole rings is 1. The molecule has 2 N–H and O–H groups in total. The van der Waals surface area contributed by atoms with E-state index in [2.05, 4.69) is 53.8 Å². The molecule has 1 atom stereocenters. The summed E-state index contributed by atoms with van der Waals surface area (Å²) in [4.78, 5) is 5.41. The van der Waals surface area contributed by atoms with Gasteiger partial charge in [-0.15, -0.1) is 11.3 Å². The molecule has 5 heteroatoms. The van der Waals surface area contributed by atoms with E-state index in [0.29, 0.717) is 13.1 Å². The van der Waals surface area contributed by atoms with E-state index >= 15 is 0 Å². The highest BCUT2D eigenvalue weighted by atomic mass is 32.1. The summed E-state index contributed by atoms with van der Waals surface area (Å²) in [6.07, 6.45) is 3.33. The number of thiophene rings is 1. The molecule has 0 fully saturated rings. The molecular formula is C18H23N3OS. The zero-order valence-corrected chi connectivity index (χ0v) is 14.6. The van der Waals surface area contributed by atoms with Gasteiger partial charge in [0.15, 0.2) is 0 Å². The van der Waals surface area contributed by atoms with Crippen LogP contribution < -0.4 is 5.32 Å². The largest absolute Gasteiger partial charge is 0.386 e. The first-order valence-electron chi connectivity index (χ1n) is 7.85. The number of nitrogens with one attached hydrogen (secondary N) is 1. The second-order valence-electron chi connectivity index (χ2n) is 6.72. The van der Waals surface area contributed by atoms with Gasteiger partial charge in [-0.3, -0.25) is 0 Å². The van der Waals surface area contributed by atoms with Gasteiger partial charge in [-0.25, -0.2) is 4.98 Å². The van der Waals surface area contributed by atoms with E-state index < -0.39 is 6.10 Å². The van der Waals surface area contributed by atoms with Gasteiger partial charge in [-0.1, -0.05) is 18.2 Å². The second-order valence-corrected chi connectivity index (χ2v) is 7.83. The van der Waals surface area contributed by atoms with Crippen LogP contribution >= 0.6 is 11.3 Å². The molecule has 1 aromatic carbocycles. The second kappa shape index (κ2) is 6.43. The monoisotopic (exact) mass is 329 g/mol. The number of aromatic nitrogens is 2. The molecule has 0 bridgehead atoms. The minimum absolute atomic E-state index is 0.0115. The number of benzene rings is 1. The lowest BCUT2D eigenvalue weighted by Crippen LogP contribution is -2.28. The predicted molar refractivity (Wildman–Crippen MR) is 95.7 cm³/mol. The van der Waals surface area contributed by atoms with Crippen LogP contribution in [0.5, 0.6) is 0 Å². The molecule has 0 spiro atoms. The molecule has 0 saturated heterocycles. The third-order valence-electron chi connectivity index (χ3n) is 3.83. The van der Waals surface area contributed by atoms with E-state index in [9.17, 15) is 5.11 Å².